The summed E-state index contributed by atoms with van der Waals surface area (Å²) in [6, 6.07) is 37.9. The van der Waals surface area contributed by atoms with Gasteiger partial charge in [0.1, 0.15) is 29.4 Å². The number of amides is 4. The smallest absolute Gasteiger partial charge is 0.334 e. The molecule has 0 bridgehead atoms. The molecule has 2 atom stereocenters. The highest BCUT2D eigenvalue weighted by Crippen LogP contribution is 2.32. The standard InChI is InChI=1S/C44H40N6O6/c1-55-36-15-8-13-33(23-36)39-24-37(56-46-39)27-48-29-42(52)49-40(22-19-30-17-20-35(51)21-18-30)43(53)47(26-34-14-7-12-32-11-5-6-16-38(32)34)28-41(49)50(48)44(54)45-25-31-9-3-2-4-10-31/h2-24,40-41,51H,25-29H2,1H3,(H,45,54)/b22-19+. The topological polar surface area (TPSA) is 132 Å². The number of nitrogens with zero attached hydrogens (tertiary/aromatic N) is 5. The van der Waals surface area contributed by atoms with E-state index in [2.05, 4.69) is 10.5 Å². The Morgan fingerprint density at radius 1 is 0.911 bits per heavy atom. The van der Waals surface area contributed by atoms with Crippen molar-refractivity contribution in [3.8, 4) is 22.8 Å². The summed E-state index contributed by atoms with van der Waals surface area (Å²) < 4.78 is 11.2. The van der Waals surface area contributed by atoms with Crippen LogP contribution in [0.1, 0.15) is 22.5 Å². The lowest BCUT2D eigenvalue weighted by atomic mass is 10.0. The molecule has 2 saturated heterocycles. The second kappa shape index (κ2) is 15.8. The number of hydrazine groups is 1. The third-order valence-electron chi connectivity index (χ3n) is 10.1. The van der Waals surface area contributed by atoms with E-state index in [9.17, 15) is 19.5 Å². The van der Waals surface area contributed by atoms with Gasteiger partial charge in [-0.05, 0) is 51.7 Å². The molecule has 3 heterocycles. The first-order chi connectivity index (χ1) is 27.3. The Morgan fingerprint density at radius 2 is 1.68 bits per heavy atom. The molecular weight excluding hydrogens is 709 g/mol. The molecule has 5 aromatic carbocycles. The van der Waals surface area contributed by atoms with Gasteiger partial charge in [0.25, 0.3) is 0 Å². The molecule has 12 nitrogen and oxygen atoms in total. The third kappa shape index (κ3) is 7.55. The monoisotopic (exact) mass is 748 g/mol. The van der Waals surface area contributed by atoms with Crippen molar-refractivity contribution in [2.75, 3.05) is 20.2 Å². The number of carbonyl (C=O) groups is 3. The molecule has 12 heteroatoms. The number of carbonyl (C=O) groups excluding carboxylic acids is 3. The fourth-order valence-electron chi connectivity index (χ4n) is 7.36. The van der Waals surface area contributed by atoms with Gasteiger partial charge < -0.3 is 29.5 Å². The first-order valence-electron chi connectivity index (χ1n) is 18.3. The number of piperazine rings is 1. The molecule has 2 N–H and O–H groups in total. The lowest BCUT2D eigenvalue weighted by Gasteiger charge is -2.54. The minimum atomic E-state index is -1.03. The van der Waals surface area contributed by atoms with Gasteiger partial charge in [-0.1, -0.05) is 114 Å². The Morgan fingerprint density at radius 3 is 2.50 bits per heavy atom. The van der Waals surface area contributed by atoms with Crippen LogP contribution < -0.4 is 10.1 Å². The quantitative estimate of drug-likeness (QED) is 0.164. The molecule has 6 aromatic rings. The number of methoxy groups -OCH3 is 1. The maximum absolute atomic E-state index is 14.6. The average Bonchev–Trinajstić information content (AvgIpc) is 3.70. The van der Waals surface area contributed by atoms with Crippen molar-refractivity contribution in [3.05, 3.63) is 156 Å². The van der Waals surface area contributed by atoms with Crippen molar-refractivity contribution in [3.63, 3.8) is 0 Å². The van der Waals surface area contributed by atoms with Gasteiger partial charge in [0, 0.05) is 24.7 Å². The molecule has 0 aliphatic carbocycles. The van der Waals surface area contributed by atoms with Gasteiger partial charge >= 0.3 is 6.03 Å². The Kier molecular flexibility index (Phi) is 10.2. The van der Waals surface area contributed by atoms with E-state index in [1.165, 1.54) is 4.90 Å². The number of phenols is 1. The predicted octanol–water partition coefficient (Wildman–Crippen LogP) is 6.43. The molecule has 2 unspecified atom stereocenters. The van der Waals surface area contributed by atoms with E-state index < -0.39 is 18.2 Å². The van der Waals surface area contributed by atoms with Crippen molar-refractivity contribution in [2.45, 2.75) is 31.8 Å². The summed E-state index contributed by atoms with van der Waals surface area (Å²) in [5.74, 6) is 0.627. The number of benzene rings is 5. The van der Waals surface area contributed by atoms with E-state index >= 15 is 0 Å². The van der Waals surface area contributed by atoms with Crippen LogP contribution >= 0.6 is 0 Å². The predicted molar refractivity (Wildman–Crippen MR) is 210 cm³/mol. The summed E-state index contributed by atoms with van der Waals surface area (Å²) in [7, 11) is 1.59. The highest BCUT2D eigenvalue weighted by Gasteiger charge is 2.51. The van der Waals surface area contributed by atoms with Crippen molar-refractivity contribution < 1.29 is 28.8 Å². The molecule has 56 heavy (non-hydrogen) atoms. The van der Waals surface area contributed by atoms with Gasteiger partial charge in [0.2, 0.25) is 11.8 Å². The minimum Gasteiger partial charge on any atom is -0.508 e. The fourth-order valence-corrected chi connectivity index (χ4v) is 7.36. The molecule has 2 fully saturated rings. The largest absolute Gasteiger partial charge is 0.508 e. The number of hydrogen-bond donors (Lipinski definition) is 2. The highest BCUT2D eigenvalue weighted by atomic mass is 16.5. The van der Waals surface area contributed by atoms with Crippen LogP contribution in [-0.4, -0.2) is 80.3 Å². The van der Waals surface area contributed by atoms with Gasteiger partial charge in [0.05, 0.1) is 26.7 Å². The minimum absolute atomic E-state index is 0.0527. The molecule has 2 aliphatic heterocycles. The molecule has 0 spiro atoms. The lowest BCUT2D eigenvalue weighted by Crippen LogP contribution is -2.75. The summed E-state index contributed by atoms with van der Waals surface area (Å²) in [4.78, 5) is 46.6. The van der Waals surface area contributed by atoms with Gasteiger partial charge in [-0.2, -0.15) is 5.01 Å². The van der Waals surface area contributed by atoms with Crippen molar-refractivity contribution in [1.29, 1.82) is 0 Å². The zero-order valence-corrected chi connectivity index (χ0v) is 30.7. The van der Waals surface area contributed by atoms with Crippen LogP contribution in [0.4, 0.5) is 4.79 Å². The first-order valence-corrected chi connectivity index (χ1v) is 18.3. The molecule has 2 aliphatic rings. The van der Waals surface area contributed by atoms with E-state index in [1.807, 2.05) is 97.1 Å². The van der Waals surface area contributed by atoms with E-state index in [-0.39, 0.29) is 50.3 Å². The van der Waals surface area contributed by atoms with Crippen LogP contribution in [0, 0.1) is 0 Å². The third-order valence-corrected chi connectivity index (χ3v) is 10.1. The van der Waals surface area contributed by atoms with Crippen LogP contribution in [-0.2, 0) is 29.2 Å². The number of urea groups is 1. The van der Waals surface area contributed by atoms with Crippen molar-refractivity contribution >= 4 is 34.7 Å². The number of nitrogens with one attached hydrogen (secondary N) is 1. The number of aromatic nitrogens is 1. The van der Waals surface area contributed by atoms with Gasteiger partial charge in [-0.25, -0.2) is 9.80 Å². The van der Waals surface area contributed by atoms with Crippen molar-refractivity contribution in [1.82, 2.24) is 30.3 Å². The maximum atomic E-state index is 14.6. The van der Waals surface area contributed by atoms with Gasteiger partial charge in [-0.15, -0.1) is 0 Å². The van der Waals surface area contributed by atoms with Crippen LogP contribution in [0.5, 0.6) is 11.5 Å². The SMILES string of the molecule is COc1cccc(-c2cc(CN3CC(=O)N4C(/C=C/c5ccc(O)cc5)C(=O)N(Cc5cccc6ccccc56)CC4N3C(=O)NCc3ccccc3)on2)c1. The number of fused-ring (bicyclic) bond motifs is 2. The Bertz CT molecular complexity index is 2390. The number of phenolic OH excluding ortho intramolecular Hbond substituents is 1. The zero-order chi connectivity index (χ0) is 38.6. The summed E-state index contributed by atoms with van der Waals surface area (Å²) in [5.41, 5.74) is 3.95. The summed E-state index contributed by atoms with van der Waals surface area (Å²) in [6.07, 6.45) is 2.57. The van der Waals surface area contributed by atoms with Gasteiger partial charge in [-0.3, -0.25) is 9.59 Å². The van der Waals surface area contributed by atoms with Crippen LogP contribution in [0.15, 0.2) is 138 Å². The molecule has 1 aromatic heterocycles. The summed E-state index contributed by atoms with van der Waals surface area (Å²) >= 11 is 0. The van der Waals surface area contributed by atoms with E-state index in [4.69, 9.17) is 9.26 Å². The maximum Gasteiger partial charge on any atom is 0.334 e. The Balaban J connectivity index is 1.16. The molecule has 282 valence electrons. The second-order valence-corrected chi connectivity index (χ2v) is 13.8. The van der Waals surface area contributed by atoms with Crippen LogP contribution in [0.2, 0.25) is 0 Å². The fraction of sp³-hybridized carbons (Fsp3) is 0.182. The molecule has 4 amide bonds. The highest BCUT2D eigenvalue weighted by molar-refractivity contribution is 5.94. The molecule has 0 saturated carbocycles. The number of hydrogen-bond acceptors (Lipinski definition) is 8. The first kappa shape index (κ1) is 36.1. The summed E-state index contributed by atoms with van der Waals surface area (Å²) in [5, 5.41) is 22.5. The number of aromatic hydroxyl groups is 1. The van der Waals surface area contributed by atoms with E-state index in [0.717, 1.165) is 33.0 Å². The molecule has 8 rings (SSSR count). The zero-order valence-electron chi connectivity index (χ0n) is 30.7. The Hall–Kier alpha value is -6.92. The van der Waals surface area contributed by atoms with Crippen LogP contribution in [0.3, 0.4) is 0 Å². The summed E-state index contributed by atoms with van der Waals surface area (Å²) in [6.45, 7) is 0.406. The van der Waals surface area contributed by atoms with E-state index in [0.29, 0.717) is 17.2 Å². The number of rotatable bonds is 10. The molecular formula is C44H40N6O6. The Labute approximate surface area is 323 Å². The van der Waals surface area contributed by atoms with E-state index in [1.54, 1.807) is 64.5 Å². The van der Waals surface area contributed by atoms with Gasteiger partial charge in [0.15, 0.2) is 5.76 Å². The lowest BCUT2D eigenvalue weighted by molar-refractivity contribution is -0.189. The normalized spacial score (nSPS) is 17.4. The number of ether oxygens (including phenoxy) is 1. The van der Waals surface area contributed by atoms with Crippen LogP contribution in [0.25, 0.3) is 28.1 Å². The van der Waals surface area contributed by atoms with Crippen molar-refractivity contribution in [2.24, 2.45) is 0 Å². The molecule has 0 radical (unpaired) electrons. The second-order valence-electron chi connectivity index (χ2n) is 13.8. The average molecular weight is 749 g/mol.